The van der Waals surface area contributed by atoms with Gasteiger partial charge in [0.15, 0.2) is 5.78 Å². The molecule has 146 valence electrons. The summed E-state index contributed by atoms with van der Waals surface area (Å²) in [6.07, 6.45) is 1.87. The fourth-order valence-corrected chi connectivity index (χ4v) is 4.96. The highest BCUT2D eigenvalue weighted by Gasteiger charge is 2.27. The van der Waals surface area contributed by atoms with Crippen molar-refractivity contribution >= 4 is 43.2 Å². The number of aryl methyl sites for hydroxylation is 1. The van der Waals surface area contributed by atoms with Crippen molar-refractivity contribution in [2.24, 2.45) is 0 Å². The predicted octanol–water partition coefficient (Wildman–Crippen LogP) is 5.04. The van der Waals surface area contributed by atoms with Crippen molar-refractivity contribution in [2.45, 2.75) is 24.2 Å². The van der Waals surface area contributed by atoms with Crippen LogP contribution in [0.1, 0.15) is 29.0 Å². The van der Waals surface area contributed by atoms with E-state index >= 15 is 0 Å². The van der Waals surface area contributed by atoms with Gasteiger partial charge in [0.25, 0.3) is 10.0 Å². The summed E-state index contributed by atoms with van der Waals surface area (Å²) in [7, 11) is -3.94. The zero-order chi connectivity index (χ0) is 20.2. The Bertz CT molecular complexity index is 1390. The Morgan fingerprint density at radius 1 is 0.931 bits per heavy atom. The van der Waals surface area contributed by atoms with Gasteiger partial charge in [-0.2, -0.15) is 0 Å². The molecule has 0 fully saturated rings. The minimum atomic E-state index is -3.94. The van der Waals surface area contributed by atoms with Crippen molar-refractivity contribution in [1.29, 1.82) is 0 Å². The number of hydrogen-bond acceptors (Lipinski definition) is 4. The van der Waals surface area contributed by atoms with Crippen LogP contribution in [0.5, 0.6) is 0 Å². The van der Waals surface area contributed by atoms with Crippen molar-refractivity contribution in [1.82, 2.24) is 0 Å². The van der Waals surface area contributed by atoms with E-state index in [0.29, 0.717) is 46.2 Å². The number of carbonyl (C=O) groups is 1. The summed E-state index contributed by atoms with van der Waals surface area (Å²) in [6.45, 7) is 0. The van der Waals surface area contributed by atoms with Gasteiger partial charge >= 0.3 is 0 Å². The first-order chi connectivity index (χ1) is 13.9. The van der Waals surface area contributed by atoms with Crippen molar-refractivity contribution in [3.8, 4) is 0 Å². The Labute approximate surface area is 166 Å². The quantitative estimate of drug-likeness (QED) is 0.514. The molecule has 1 aliphatic rings. The molecule has 29 heavy (non-hydrogen) atoms. The van der Waals surface area contributed by atoms with Crippen LogP contribution in [0.3, 0.4) is 0 Å². The Kier molecular flexibility index (Phi) is 3.96. The molecular formula is C22H16FNO4S. The van der Waals surface area contributed by atoms with Crippen LogP contribution in [0.25, 0.3) is 21.7 Å². The lowest BCUT2D eigenvalue weighted by molar-refractivity contribution is 0.0971. The number of ketones is 1. The highest BCUT2D eigenvalue weighted by molar-refractivity contribution is 7.92. The second kappa shape index (κ2) is 6.42. The maximum Gasteiger partial charge on any atom is 0.261 e. The van der Waals surface area contributed by atoms with Crippen LogP contribution in [0.4, 0.5) is 10.1 Å². The first-order valence-corrected chi connectivity index (χ1v) is 10.7. The molecular weight excluding hydrogens is 393 g/mol. The number of halogens is 1. The monoisotopic (exact) mass is 409 g/mol. The minimum Gasteiger partial charge on any atom is -0.460 e. The summed E-state index contributed by atoms with van der Waals surface area (Å²) < 4.78 is 47.5. The van der Waals surface area contributed by atoms with E-state index in [9.17, 15) is 17.6 Å². The van der Waals surface area contributed by atoms with Crippen LogP contribution in [-0.2, 0) is 16.4 Å². The van der Waals surface area contributed by atoms with Gasteiger partial charge in [0.05, 0.1) is 16.1 Å². The third-order valence-corrected chi connectivity index (χ3v) is 6.60. The maximum atomic E-state index is 13.2. The third kappa shape index (κ3) is 2.89. The summed E-state index contributed by atoms with van der Waals surface area (Å²) in [5, 5.41) is 1.99. The second-order valence-electron chi connectivity index (χ2n) is 7.08. The van der Waals surface area contributed by atoms with E-state index in [2.05, 4.69) is 4.72 Å². The van der Waals surface area contributed by atoms with Gasteiger partial charge in [0.1, 0.15) is 17.2 Å². The number of furan rings is 1. The van der Waals surface area contributed by atoms with Crippen LogP contribution in [0.2, 0.25) is 0 Å². The van der Waals surface area contributed by atoms with Crippen LogP contribution in [0, 0.1) is 5.82 Å². The highest BCUT2D eigenvalue weighted by Crippen LogP contribution is 2.39. The fraction of sp³-hybridized carbons (Fsp3) is 0.136. The number of Topliss-reactive ketones (excluding diaryl/α,β-unsaturated/α-hetero) is 1. The molecule has 0 atom stereocenters. The molecule has 0 amide bonds. The molecule has 0 radical (unpaired) electrons. The normalized spacial score (nSPS) is 14.3. The second-order valence-corrected chi connectivity index (χ2v) is 8.77. The predicted molar refractivity (Wildman–Crippen MR) is 108 cm³/mol. The molecule has 0 bridgehead atoms. The molecule has 1 aromatic heterocycles. The number of nitrogens with one attached hydrogen (secondary N) is 1. The number of rotatable bonds is 3. The van der Waals surface area contributed by atoms with Crippen LogP contribution >= 0.6 is 0 Å². The van der Waals surface area contributed by atoms with Gasteiger partial charge in [-0.15, -0.1) is 0 Å². The molecule has 0 saturated carbocycles. The van der Waals surface area contributed by atoms with Crippen molar-refractivity contribution in [3.63, 3.8) is 0 Å². The molecule has 3 aromatic carbocycles. The van der Waals surface area contributed by atoms with Gasteiger partial charge < -0.3 is 4.42 Å². The smallest absolute Gasteiger partial charge is 0.261 e. The molecule has 1 heterocycles. The SMILES string of the molecule is O=C1CCCc2oc3c(cc(NS(=O)(=O)c4ccc(F)cc4)c4ccccc43)c21. The molecule has 7 heteroatoms. The Morgan fingerprint density at radius 2 is 1.66 bits per heavy atom. The average molecular weight is 409 g/mol. The third-order valence-electron chi connectivity index (χ3n) is 5.22. The molecule has 0 saturated heterocycles. The first-order valence-electron chi connectivity index (χ1n) is 9.23. The van der Waals surface area contributed by atoms with Gasteiger partial charge in [-0.1, -0.05) is 24.3 Å². The summed E-state index contributed by atoms with van der Waals surface area (Å²) in [5.74, 6) is 0.145. The van der Waals surface area contributed by atoms with E-state index in [0.717, 1.165) is 23.9 Å². The summed E-state index contributed by atoms with van der Waals surface area (Å²) in [4.78, 5) is 12.5. The van der Waals surface area contributed by atoms with E-state index < -0.39 is 15.8 Å². The van der Waals surface area contributed by atoms with Gasteiger partial charge in [-0.3, -0.25) is 9.52 Å². The van der Waals surface area contributed by atoms with Gasteiger partial charge in [0.2, 0.25) is 0 Å². The first kappa shape index (κ1) is 17.9. The lowest BCUT2D eigenvalue weighted by Gasteiger charge is -2.12. The lowest BCUT2D eigenvalue weighted by atomic mass is 9.93. The van der Waals surface area contributed by atoms with E-state index in [1.165, 1.54) is 12.1 Å². The van der Waals surface area contributed by atoms with Gasteiger partial charge in [0, 0.05) is 29.0 Å². The fourth-order valence-electron chi connectivity index (χ4n) is 3.89. The average Bonchev–Trinajstić information content (AvgIpc) is 3.08. The Hall–Kier alpha value is -3.19. The topological polar surface area (TPSA) is 76.4 Å². The number of anilines is 1. The number of benzene rings is 3. The highest BCUT2D eigenvalue weighted by atomic mass is 32.2. The van der Waals surface area contributed by atoms with Crippen LogP contribution < -0.4 is 4.72 Å². The zero-order valence-corrected chi connectivity index (χ0v) is 16.1. The standard InChI is InChI=1S/C22H16FNO4S/c23-13-8-10-14(11-9-13)29(26,27)24-18-12-17-21-19(25)6-3-7-20(21)28-22(17)16-5-2-1-4-15(16)18/h1-2,4-5,8-12,24H,3,6-7H2. The van der Waals surface area contributed by atoms with Gasteiger partial charge in [-0.05, 0) is 36.8 Å². The number of fused-ring (bicyclic) bond motifs is 5. The van der Waals surface area contributed by atoms with Crippen molar-refractivity contribution in [3.05, 3.63) is 71.7 Å². The summed E-state index contributed by atoms with van der Waals surface area (Å²) >= 11 is 0. The van der Waals surface area contributed by atoms with E-state index in [1.54, 1.807) is 18.2 Å². The maximum absolute atomic E-state index is 13.2. The van der Waals surface area contributed by atoms with E-state index in [4.69, 9.17) is 4.42 Å². The summed E-state index contributed by atoms with van der Waals surface area (Å²) in [6, 6.07) is 13.5. The molecule has 5 nitrogen and oxygen atoms in total. The molecule has 0 unspecified atom stereocenters. The largest absolute Gasteiger partial charge is 0.460 e. The Balaban J connectivity index is 1.73. The molecule has 0 aliphatic heterocycles. The Morgan fingerprint density at radius 3 is 2.41 bits per heavy atom. The molecule has 5 rings (SSSR count). The van der Waals surface area contributed by atoms with Crippen LogP contribution in [0.15, 0.2) is 63.9 Å². The lowest BCUT2D eigenvalue weighted by Crippen LogP contribution is -2.13. The molecule has 4 aromatic rings. The number of sulfonamides is 1. The van der Waals surface area contributed by atoms with E-state index in [1.807, 2.05) is 12.1 Å². The van der Waals surface area contributed by atoms with Crippen LogP contribution in [-0.4, -0.2) is 14.2 Å². The van der Waals surface area contributed by atoms with Crippen molar-refractivity contribution in [2.75, 3.05) is 4.72 Å². The number of carbonyl (C=O) groups excluding carboxylic acids is 1. The molecule has 1 N–H and O–H groups in total. The summed E-state index contributed by atoms with van der Waals surface area (Å²) in [5.41, 5.74) is 1.48. The minimum absolute atomic E-state index is 0.00706. The van der Waals surface area contributed by atoms with E-state index in [-0.39, 0.29) is 10.7 Å². The molecule has 1 aliphatic carbocycles. The van der Waals surface area contributed by atoms with Gasteiger partial charge in [-0.25, -0.2) is 12.8 Å². The zero-order valence-electron chi connectivity index (χ0n) is 15.2. The van der Waals surface area contributed by atoms with Crippen molar-refractivity contribution < 1.29 is 22.0 Å². The molecule has 0 spiro atoms. The number of hydrogen-bond donors (Lipinski definition) is 1.